The molecule has 7 nitrogen and oxygen atoms in total. The molecule has 0 bridgehead atoms. The summed E-state index contributed by atoms with van der Waals surface area (Å²) >= 11 is 0. The van der Waals surface area contributed by atoms with Crippen LogP contribution in [-0.4, -0.2) is 38.2 Å². The average Bonchev–Trinajstić information content (AvgIpc) is 2.84. The summed E-state index contributed by atoms with van der Waals surface area (Å²) in [6.45, 7) is 3.81. The van der Waals surface area contributed by atoms with Gasteiger partial charge in [-0.15, -0.1) is 0 Å². The first-order valence-electron chi connectivity index (χ1n) is 6.87. The Balaban J connectivity index is 2.16. The molecule has 0 fully saturated rings. The van der Waals surface area contributed by atoms with Crippen LogP contribution in [-0.2, 0) is 4.79 Å². The van der Waals surface area contributed by atoms with Crippen LogP contribution < -0.4 is 5.32 Å². The molecule has 0 spiro atoms. The van der Waals surface area contributed by atoms with Gasteiger partial charge < -0.3 is 10.4 Å². The largest absolute Gasteiger partial charge is 0.480 e. The lowest BCUT2D eigenvalue weighted by Crippen LogP contribution is -2.40. The van der Waals surface area contributed by atoms with Crippen LogP contribution >= 0.6 is 0 Å². The maximum Gasteiger partial charge on any atom is 0.326 e. The second-order valence-electron chi connectivity index (χ2n) is 4.95. The molecule has 2 aromatic heterocycles. The van der Waals surface area contributed by atoms with Crippen LogP contribution in [0.5, 0.6) is 0 Å². The third-order valence-corrected chi connectivity index (χ3v) is 3.31. The summed E-state index contributed by atoms with van der Waals surface area (Å²) < 4.78 is 0. The Hall–Kier alpha value is -2.44. The number of rotatable bonds is 6. The quantitative estimate of drug-likeness (QED) is 0.749. The summed E-state index contributed by atoms with van der Waals surface area (Å²) in [6, 6.07) is 0.786. The van der Waals surface area contributed by atoms with E-state index in [2.05, 4.69) is 20.5 Å². The van der Waals surface area contributed by atoms with E-state index >= 15 is 0 Å². The first-order valence-corrected chi connectivity index (χ1v) is 6.87. The van der Waals surface area contributed by atoms with Crippen molar-refractivity contribution in [2.24, 2.45) is 0 Å². The Kier molecular flexibility index (Phi) is 4.52. The molecule has 0 aliphatic rings. The Morgan fingerprint density at radius 3 is 2.90 bits per heavy atom. The van der Waals surface area contributed by atoms with Gasteiger partial charge in [-0.3, -0.25) is 9.89 Å². The number of unbranched alkanes of at least 4 members (excludes halogenated alkanes) is 1. The maximum absolute atomic E-state index is 12.2. The summed E-state index contributed by atoms with van der Waals surface area (Å²) in [5, 5.41) is 19.2. The van der Waals surface area contributed by atoms with Gasteiger partial charge in [-0.05, 0) is 19.4 Å². The van der Waals surface area contributed by atoms with Crippen molar-refractivity contribution in [3.05, 3.63) is 23.5 Å². The number of carboxylic acid groups (broad SMARTS) is 1. The molecule has 2 aromatic rings. The topological polar surface area (TPSA) is 108 Å². The van der Waals surface area contributed by atoms with E-state index in [0.29, 0.717) is 17.6 Å². The molecule has 0 aliphatic heterocycles. The first kappa shape index (κ1) is 15.0. The van der Waals surface area contributed by atoms with Gasteiger partial charge in [0.25, 0.3) is 5.91 Å². The minimum Gasteiger partial charge on any atom is -0.480 e. The van der Waals surface area contributed by atoms with Gasteiger partial charge in [-0.1, -0.05) is 19.8 Å². The van der Waals surface area contributed by atoms with Crippen molar-refractivity contribution in [3.8, 4) is 0 Å². The number of nitrogens with zero attached hydrogens (tertiary/aromatic N) is 2. The number of nitrogens with one attached hydrogen (secondary N) is 2. The molecule has 1 atom stereocenters. The molecule has 21 heavy (non-hydrogen) atoms. The van der Waals surface area contributed by atoms with Crippen molar-refractivity contribution >= 4 is 22.9 Å². The summed E-state index contributed by atoms with van der Waals surface area (Å²) in [7, 11) is 0. The Bertz CT molecular complexity index is 665. The molecule has 2 rings (SSSR count). The van der Waals surface area contributed by atoms with E-state index in [1.807, 2.05) is 13.8 Å². The number of carbonyl (C=O) groups is 2. The highest BCUT2D eigenvalue weighted by atomic mass is 16.4. The summed E-state index contributed by atoms with van der Waals surface area (Å²) in [5.41, 5.74) is 1.67. The summed E-state index contributed by atoms with van der Waals surface area (Å²) in [5.74, 6) is -1.46. The van der Waals surface area contributed by atoms with E-state index in [0.717, 1.165) is 23.9 Å². The molecule has 0 aromatic carbocycles. The van der Waals surface area contributed by atoms with Crippen molar-refractivity contribution in [2.75, 3.05) is 0 Å². The minimum absolute atomic E-state index is 0.328. The molecule has 1 amide bonds. The van der Waals surface area contributed by atoms with Crippen molar-refractivity contribution in [2.45, 2.75) is 39.2 Å². The zero-order valence-corrected chi connectivity index (χ0v) is 12.0. The fourth-order valence-corrected chi connectivity index (χ4v) is 2.05. The predicted octanol–water partition coefficient (Wildman–Crippen LogP) is 1.64. The van der Waals surface area contributed by atoms with Gasteiger partial charge in [0, 0.05) is 17.3 Å². The molecule has 0 aliphatic carbocycles. The highest BCUT2D eigenvalue weighted by Gasteiger charge is 2.20. The lowest BCUT2D eigenvalue weighted by Gasteiger charge is -2.13. The number of amides is 1. The molecule has 7 heteroatoms. The van der Waals surface area contributed by atoms with Gasteiger partial charge in [0.15, 0.2) is 5.65 Å². The number of aromatic nitrogens is 3. The zero-order chi connectivity index (χ0) is 15.4. The smallest absolute Gasteiger partial charge is 0.326 e. The van der Waals surface area contributed by atoms with E-state index in [1.165, 1.54) is 6.20 Å². The molecule has 3 N–H and O–H groups in total. The van der Waals surface area contributed by atoms with Gasteiger partial charge in [0.05, 0.1) is 5.56 Å². The number of H-pyrrole nitrogens is 1. The van der Waals surface area contributed by atoms with Crippen LogP contribution in [0.1, 0.15) is 42.2 Å². The van der Waals surface area contributed by atoms with Crippen LogP contribution in [0.25, 0.3) is 11.0 Å². The summed E-state index contributed by atoms with van der Waals surface area (Å²) in [4.78, 5) is 27.4. The molecule has 0 saturated carbocycles. The fourth-order valence-electron chi connectivity index (χ4n) is 2.05. The van der Waals surface area contributed by atoms with Crippen molar-refractivity contribution in [1.29, 1.82) is 0 Å². The van der Waals surface area contributed by atoms with Crippen molar-refractivity contribution in [1.82, 2.24) is 20.5 Å². The molecule has 2 heterocycles. The van der Waals surface area contributed by atoms with Gasteiger partial charge in [0.2, 0.25) is 0 Å². The van der Waals surface area contributed by atoms with E-state index in [9.17, 15) is 9.59 Å². The highest BCUT2D eigenvalue weighted by molar-refractivity contribution is 5.98. The van der Waals surface area contributed by atoms with Crippen LogP contribution in [0, 0.1) is 6.92 Å². The predicted molar refractivity (Wildman–Crippen MR) is 77.0 cm³/mol. The molecule has 112 valence electrons. The van der Waals surface area contributed by atoms with Crippen LogP contribution in [0.4, 0.5) is 0 Å². The number of carbonyl (C=O) groups excluding carboxylic acids is 1. The number of pyridine rings is 1. The molecule has 0 radical (unpaired) electrons. The van der Waals surface area contributed by atoms with Crippen LogP contribution in [0.15, 0.2) is 12.3 Å². The first-order chi connectivity index (χ1) is 10.0. The Labute approximate surface area is 121 Å². The minimum atomic E-state index is -1.02. The number of carboxylic acids is 1. The fraction of sp³-hybridized carbons (Fsp3) is 0.429. The lowest BCUT2D eigenvalue weighted by molar-refractivity contribution is -0.139. The SMILES string of the molecule is CCCCC(NC(=O)c1cnc2n[nH]c(C)c2c1)C(=O)O. The second kappa shape index (κ2) is 6.34. The zero-order valence-electron chi connectivity index (χ0n) is 12.0. The van der Waals surface area contributed by atoms with Crippen LogP contribution in [0.3, 0.4) is 0 Å². The highest BCUT2D eigenvalue weighted by Crippen LogP contribution is 2.14. The van der Waals surface area contributed by atoms with E-state index < -0.39 is 17.9 Å². The number of aliphatic carboxylic acids is 1. The number of aryl methyl sites for hydroxylation is 1. The lowest BCUT2D eigenvalue weighted by atomic mass is 10.1. The number of hydrogen-bond acceptors (Lipinski definition) is 4. The molecule has 0 saturated heterocycles. The number of hydrogen-bond donors (Lipinski definition) is 3. The summed E-state index contributed by atoms with van der Waals surface area (Å²) in [6.07, 6.45) is 3.44. The molecule has 1 unspecified atom stereocenters. The third-order valence-electron chi connectivity index (χ3n) is 3.31. The average molecular weight is 290 g/mol. The standard InChI is InChI=1S/C14H18N4O3/c1-3-4-5-11(14(20)21)16-13(19)9-6-10-8(2)17-18-12(10)15-7-9/h6-7,11H,3-5H2,1-2H3,(H,16,19)(H,20,21)(H,15,17,18). The normalized spacial score (nSPS) is 12.3. The van der Waals surface area contributed by atoms with Gasteiger partial charge in [-0.25, -0.2) is 9.78 Å². The van der Waals surface area contributed by atoms with Crippen molar-refractivity contribution in [3.63, 3.8) is 0 Å². The van der Waals surface area contributed by atoms with E-state index in [1.54, 1.807) is 6.07 Å². The van der Waals surface area contributed by atoms with Crippen LogP contribution in [0.2, 0.25) is 0 Å². The molecular formula is C14H18N4O3. The third kappa shape index (κ3) is 3.36. The molecular weight excluding hydrogens is 272 g/mol. The monoisotopic (exact) mass is 290 g/mol. The Morgan fingerprint density at radius 1 is 1.48 bits per heavy atom. The number of aromatic amines is 1. The van der Waals surface area contributed by atoms with Crippen molar-refractivity contribution < 1.29 is 14.7 Å². The Morgan fingerprint density at radius 2 is 2.24 bits per heavy atom. The van der Waals surface area contributed by atoms with Gasteiger partial charge in [-0.2, -0.15) is 5.10 Å². The van der Waals surface area contributed by atoms with E-state index in [4.69, 9.17) is 5.11 Å². The van der Waals surface area contributed by atoms with Gasteiger partial charge >= 0.3 is 5.97 Å². The van der Waals surface area contributed by atoms with Gasteiger partial charge in [0.1, 0.15) is 6.04 Å². The number of fused-ring (bicyclic) bond motifs is 1. The second-order valence-corrected chi connectivity index (χ2v) is 4.95. The van der Waals surface area contributed by atoms with E-state index in [-0.39, 0.29) is 0 Å². The maximum atomic E-state index is 12.2.